The van der Waals surface area contributed by atoms with Crippen LogP contribution >= 0.6 is 11.6 Å². The Morgan fingerprint density at radius 1 is 1.43 bits per heavy atom. The normalized spacial score (nSPS) is 10.1. The predicted octanol–water partition coefficient (Wildman–Crippen LogP) is 2.07. The highest BCUT2D eigenvalue weighted by Gasteiger charge is 2.05. The number of hydrogen-bond acceptors (Lipinski definition) is 4. The van der Waals surface area contributed by atoms with Gasteiger partial charge in [0.05, 0.1) is 0 Å². The van der Waals surface area contributed by atoms with Crippen molar-refractivity contribution in [1.29, 1.82) is 0 Å². The second-order valence-corrected chi connectivity index (χ2v) is 4.91. The van der Waals surface area contributed by atoms with Crippen molar-refractivity contribution in [3.05, 3.63) is 47.0 Å². The molecule has 0 aliphatic heterocycles. The number of aromatic nitrogens is 3. The van der Waals surface area contributed by atoms with Crippen LogP contribution in [0.4, 0.5) is 0 Å². The van der Waals surface area contributed by atoms with Gasteiger partial charge in [0.2, 0.25) is 0 Å². The van der Waals surface area contributed by atoms with Crippen molar-refractivity contribution >= 4 is 18.1 Å². The van der Waals surface area contributed by atoms with E-state index in [-0.39, 0.29) is 6.47 Å². The molecule has 6 nitrogen and oxygen atoms in total. The molecule has 114 valence electrons. The Morgan fingerprint density at radius 3 is 2.67 bits per heavy atom. The first-order valence-corrected chi connectivity index (χ1v) is 6.80. The number of nitrogens with zero attached hydrogens (tertiary/aromatic N) is 4. The Labute approximate surface area is 129 Å². The SMILES string of the molecule is Cc1nncn1CCN(C)Cc1ccccc1Cl.O=CO. The zero-order valence-corrected chi connectivity index (χ0v) is 12.9. The molecule has 0 aliphatic rings. The first-order valence-electron chi connectivity index (χ1n) is 6.42. The van der Waals surface area contributed by atoms with Gasteiger partial charge in [-0.15, -0.1) is 10.2 Å². The van der Waals surface area contributed by atoms with Gasteiger partial charge in [0.1, 0.15) is 12.2 Å². The van der Waals surface area contributed by atoms with E-state index in [1.165, 1.54) is 0 Å². The summed E-state index contributed by atoms with van der Waals surface area (Å²) in [4.78, 5) is 10.6. The zero-order chi connectivity index (χ0) is 15.7. The molecule has 0 saturated heterocycles. The lowest BCUT2D eigenvalue weighted by Crippen LogP contribution is -2.23. The van der Waals surface area contributed by atoms with E-state index in [1.54, 1.807) is 6.33 Å². The third kappa shape index (κ3) is 5.93. The minimum Gasteiger partial charge on any atom is -0.483 e. The van der Waals surface area contributed by atoms with Crippen LogP contribution < -0.4 is 0 Å². The van der Waals surface area contributed by atoms with Crippen LogP contribution in [0.1, 0.15) is 11.4 Å². The first-order chi connectivity index (χ1) is 10.1. The Bertz CT molecular complexity index is 559. The van der Waals surface area contributed by atoms with Gasteiger partial charge in [-0.1, -0.05) is 29.8 Å². The molecule has 2 aromatic rings. The van der Waals surface area contributed by atoms with Crippen LogP contribution in [0, 0.1) is 6.92 Å². The number of rotatable bonds is 5. The molecule has 0 aliphatic carbocycles. The van der Waals surface area contributed by atoms with Crippen LogP contribution in [0.25, 0.3) is 0 Å². The Kier molecular flexibility index (Phi) is 7.42. The lowest BCUT2D eigenvalue weighted by Gasteiger charge is -2.17. The third-order valence-electron chi connectivity index (χ3n) is 2.93. The smallest absolute Gasteiger partial charge is 0.290 e. The van der Waals surface area contributed by atoms with Crippen molar-refractivity contribution in [3.8, 4) is 0 Å². The third-order valence-corrected chi connectivity index (χ3v) is 3.30. The fourth-order valence-corrected chi connectivity index (χ4v) is 2.00. The van der Waals surface area contributed by atoms with Gasteiger partial charge in [-0.2, -0.15) is 0 Å². The van der Waals surface area contributed by atoms with E-state index < -0.39 is 0 Å². The van der Waals surface area contributed by atoms with Crippen molar-refractivity contribution in [3.63, 3.8) is 0 Å². The van der Waals surface area contributed by atoms with Crippen LogP contribution in [-0.2, 0) is 17.9 Å². The standard InChI is InChI=1S/C13H17ClN4.CH2O2/c1-11-16-15-10-18(11)8-7-17(2)9-12-5-3-4-6-13(12)14;2-1-3/h3-6,10H,7-9H2,1-2H3;1H,(H,2,3). The van der Waals surface area contributed by atoms with Gasteiger partial charge in [-0.25, -0.2) is 0 Å². The quantitative estimate of drug-likeness (QED) is 0.856. The fraction of sp³-hybridized carbons (Fsp3) is 0.357. The molecule has 1 aromatic carbocycles. The number of carboxylic acid groups (broad SMARTS) is 1. The highest BCUT2D eigenvalue weighted by molar-refractivity contribution is 6.31. The van der Waals surface area contributed by atoms with E-state index in [4.69, 9.17) is 21.5 Å². The molecule has 0 bridgehead atoms. The predicted molar refractivity (Wildman–Crippen MR) is 81.2 cm³/mol. The van der Waals surface area contributed by atoms with Gasteiger partial charge in [-0.3, -0.25) is 4.79 Å². The largest absolute Gasteiger partial charge is 0.483 e. The van der Waals surface area contributed by atoms with Gasteiger partial charge in [0.25, 0.3) is 6.47 Å². The Hall–Kier alpha value is -1.92. The lowest BCUT2D eigenvalue weighted by molar-refractivity contribution is -0.122. The van der Waals surface area contributed by atoms with Gasteiger partial charge >= 0.3 is 0 Å². The minimum absolute atomic E-state index is 0.250. The Balaban J connectivity index is 0.000000677. The van der Waals surface area contributed by atoms with Crippen molar-refractivity contribution in [2.45, 2.75) is 20.0 Å². The van der Waals surface area contributed by atoms with Gasteiger partial charge in [0.15, 0.2) is 0 Å². The molecule has 0 unspecified atom stereocenters. The molecular formula is C14H19ClN4O2. The van der Waals surface area contributed by atoms with Crippen LogP contribution in [0.15, 0.2) is 30.6 Å². The maximum Gasteiger partial charge on any atom is 0.290 e. The number of halogens is 1. The lowest BCUT2D eigenvalue weighted by atomic mass is 10.2. The molecule has 0 atom stereocenters. The summed E-state index contributed by atoms with van der Waals surface area (Å²) in [6.07, 6.45) is 1.76. The summed E-state index contributed by atoms with van der Waals surface area (Å²) in [6, 6.07) is 7.95. The number of benzene rings is 1. The second-order valence-electron chi connectivity index (χ2n) is 4.51. The maximum absolute atomic E-state index is 8.36. The maximum atomic E-state index is 8.36. The van der Waals surface area contributed by atoms with E-state index in [9.17, 15) is 0 Å². The summed E-state index contributed by atoms with van der Waals surface area (Å²) in [5.41, 5.74) is 1.15. The van der Waals surface area contributed by atoms with Crippen LogP contribution in [-0.4, -0.2) is 44.8 Å². The van der Waals surface area contributed by atoms with E-state index in [1.807, 2.05) is 29.7 Å². The monoisotopic (exact) mass is 310 g/mol. The molecule has 0 amide bonds. The van der Waals surface area contributed by atoms with E-state index in [0.717, 1.165) is 36.0 Å². The molecule has 1 heterocycles. The molecule has 0 fully saturated rings. The number of carbonyl (C=O) groups is 1. The summed E-state index contributed by atoms with van der Waals surface area (Å²) in [7, 11) is 2.09. The van der Waals surface area contributed by atoms with Crippen molar-refractivity contribution in [2.24, 2.45) is 0 Å². The average molecular weight is 311 g/mol. The van der Waals surface area contributed by atoms with Crippen LogP contribution in [0.5, 0.6) is 0 Å². The van der Waals surface area contributed by atoms with E-state index >= 15 is 0 Å². The number of hydrogen-bond donors (Lipinski definition) is 1. The van der Waals surface area contributed by atoms with Gasteiger partial charge < -0.3 is 14.6 Å². The Morgan fingerprint density at radius 2 is 2.10 bits per heavy atom. The van der Waals surface area contributed by atoms with E-state index in [2.05, 4.69) is 28.2 Å². The summed E-state index contributed by atoms with van der Waals surface area (Å²) in [5.74, 6) is 0.946. The highest BCUT2D eigenvalue weighted by atomic mass is 35.5. The molecule has 0 radical (unpaired) electrons. The van der Waals surface area contributed by atoms with Crippen molar-refractivity contribution in [1.82, 2.24) is 19.7 Å². The summed E-state index contributed by atoms with van der Waals surface area (Å²) in [5, 5.41) is 15.5. The molecule has 2 rings (SSSR count). The number of likely N-dealkylation sites (N-methyl/N-ethyl adjacent to an activating group) is 1. The molecule has 0 saturated carbocycles. The second kappa shape index (κ2) is 9.10. The van der Waals surface area contributed by atoms with Crippen molar-refractivity contribution in [2.75, 3.05) is 13.6 Å². The molecule has 21 heavy (non-hydrogen) atoms. The van der Waals surface area contributed by atoms with Crippen LogP contribution in [0.2, 0.25) is 5.02 Å². The minimum atomic E-state index is -0.250. The molecular weight excluding hydrogens is 292 g/mol. The topological polar surface area (TPSA) is 71.2 Å². The fourth-order valence-electron chi connectivity index (χ4n) is 1.81. The number of aryl methyl sites for hydroxylation is 1. The average Bonchev–Trinajstić information content (AvgIpc) is 2.85. The highest BCUT2D eigenvalue weighted by Crippen LogP contribution is 2.16. The van der Waals surface area contributed by atoms with Crippen molar-refractivity contribution < 1.29 is 9.90 Å². The van der Waals surface area contributed by atoms with Gasteiger partial charge in [0, 0.05) is 24.7 Å². The van der Waals surface area contributed by atoms with Gasteiger partial charge in [-0.05, 0) is 25.6 Å². The summed E-state index contributed by atoms with van der Waals surface area (Å²) >= 11 is 6.14. The van der Waals surface area contributed by atoms with E-state index in [0.29, 0.717) is 0 Å². The van der Waals surface area contributed by atoms with Crippen LogP contribution in [0.3, 0.4) is 0 Å². The molecule has 0 spiro atoms. The first kappa shape index (κ1) is 17.1. The summed E-state index contributed by atoms with van der Waals surface area (Å²) < 4.78 is 2.04. The molecule has 1 N–H and O–H groups in total. The zero-order valence-electron chi connectivity index (χ0n) is 12.1. The molecule has 7 heteroatoms. The molecule has 1 aromatic heterocycles. The summed E-state index contributed by atoms with van der Waals surface area (Å²) in [6.45, 7) is 4.38.